The number of hydrogen-bond donors (Lipinski definition) is 8. The lowest BCUT2D eigenvalue weighted by atomic mass is 10.1. The van der Waals surface area contributed by atoms with Crippen LogP contribution in [0.5, 0.6) is 17.8 Å². The third kappa shape index (κ3) is 30.7. The normalized spacial score (nSPS) is 12.0. The topological polar surface area (TPSA) is 434 Å². The maximum Gasteiger partial charge on any atom is 0.434 e. The minimum Gasteiger partial charge on any atom is -0.778 e. The monoisotopic (exact) mass is 1560 g/mol. The van der Waals surface area contributed by atoms with Gasteiger partial charge >= 0.3 is 61.6 Å². The zero-order valence-electron chi connectivity index (χ0n) is 50.6. The lowest BCUT2D eigenvalue weighted by molar-refractivity contribution is -0.193. The number of aromatic carboxylic acids is 1. The number of alkyl halides is 10. The van der Waals surface area contributed by atoms with E-state index in [4.69, 9.17) is 36.2 Å². The van der Waals surface area contributed by atoms with Crippen molar-refractivity contribution in [2.75, 3.05) is 49.3 Å². The van der Waals surface area contributed by atoms with Gasteiger partial charge in [-0.2, -0.15) is 73.9 Å². The van der Waals surface area contributed by atoms with Crippen LogP contribution in [0.25, 0.3) is 11.3 Å². The molecule has 8 N–H and O–H groups in total. The van der Waals surface area contributed by atoms with E-state index in [1.54, 1.807) is 23.9 Å². The number of carbonyl (C=O) groups is 5. The number of amides is 4. The average molecular weight is 1560 g/mol. The van der Waals surface area contributed by atoms with E-state index < -0.39 is 164 Å². The molecule has 0 radical (unpaired) electrons. The number of carboxylic acid groups (broad SMARTS) is 2. The summed E-state index contributed by atoms with van der Waals surface area (Å²) < 4.78 is 220. The molecule has 3 aromatic heterocycles. The SMILES string of the molecule is CC(C)OC(=O)c1cc(-c2nn(C)c(C(F)(F)F)c2Br)c(F)cc1Cl.COc1nc(C)nc(NC(=O)NS(=O)(=O)c2ccccc2CCC(F)(F)F)n1.C[S+](C)C.O=C(Nc1nc(OC(F)F)cc(OC(F)F)n1)NS(=O)(=O)c1ccccc1C(=O)O.O=C(O)CNCP(=O)([O-])O. The van der Waals surface area contributed by atoms with Crippen molar-refractivity contribution in [3.63, 3.8) is 0 Å². The molecular weight excluding hydrogens is 1510 g/mol. The minimum atomic E-state index is -4.71. The highest BCUT2D eigenvalue weighted by Gasteiger charge is 2.39. The van der Waals surface area contributed by atoms with Crippen molar-refractivity contribution < 1.29 is 133 Å². The Morgan fingerprint density at radius 1 is 0.784 bits per heavy atom. The van der Waals surface area contributed by atoms with Crippen molar-refractivity contribution in [1.82, 2.24) is 49.5 Å². The molecular formula is C50H54BrClF11N12O18PS3. The van der Waals surface area contributed by atoms with Gasteiger partial charge in [-0.05, 0) is 89.9 Å². The van der Waals surface area contributed by atoms with Crippen molar-refractivity contribution in [3.8, 4) is 29.0 Å². The van der Waals surface area contributed by atoms with E-state index in [-0.39, 0.29) is 45.2 Å². The number of urea groups is 2. The first-order valence-corrected chi connectivity index (χ1v) is 34.1. The average Bonchev–Trinajstić information content (AvgIpc) is 1.66. The Labute approximate surface area is 558 Å². The summed E-state index contributed by atoms with van der Waals surface area (Å²) in [5.41, 5.74) is -2.58. The minimum absolute atomic E-state index is 0.0715. The van der Waals surface area contributed by atoms with Crippen LogP contribution in [-0.4, -0.2) is 161 Å². The highest BCUT2D eigenvalue weighted by atomic mass is 79.9. The number of aryl methyl sites for hydroxylation is 3. The van der Waals surface area contributed by atoms with Gasteiger partial charge in [-0.1, -0.05) is 41.9 Å². The summed E-state index contributed by atoms with van der Waals surface area (Å²) >= 11 is 8.67. The Hall–Kier alpha value is -8.33. The van der Waals surface area contributed by atoms with Crippen LogP contribution in [-0.2, 0) is 64.7 Å². The molecule has 0 spiro atoms. The first-order valence-electron chi connectivity index (χ1n) is 25.7. The molecule has 97 heavy (non-hydrogen) atoms. The van der Waals surface area contributed by atoms with Crippen molar-refractivity contribution in [2.24, 2.45) is 7.05 Å². The van der Waals surface area contributed by atoms with Crippen LogP contribution in [0.1, 0.15) is 58.1 Å². The fourth-order valence-electron chi connectivity index (χ4n) is 6.55. The summed E-state index contributed by atoms with van der Waals surface area (Å²) in [7, 11) is -10.5. The fraction of sp³-hybridized carbons (Fsp3) is 0.340. The molecule has 0 saturated heterocycles. The maximum absolute atomic E-state index is 14.3. The molecule has 0 aliphatic rings. The number of nitrogens with one attached hydrogen (secondary N) is 5. The zero-order chi connectivity index (χ0) is 74.3. The number of carboxylic acids is 2. The molecule has 0 aliphatic heterocycles. The Bertz CT molecular complexity index is 3990. The van der Waals surface area contributed by atoms with Gasteiger partial charge in [0, 0.05) is 19.0 Å². The highest BCUT2D eigenvalue weighted by molar-refractivity contribution is 9.10. The van der Waals surface area contributed by atoms with Gasteiger partial charge < -0.3 is 43.5 Å². The molecule has 4 amide bonds. The first kappa shape index (κ1) is 84.8. The Kier molecular flexibility index (Phi) is 32.7. The van der Waals surface area contributed by atoms with Crippen LogP contribution in [0.15, 0.2) is 81.0 Å². The Balaban J connectivity index is 0.000000451. The van der Waals surface area contributed by atoms with Crippen molar-refractivity contribution in [2.45, 2.75) is 75.1 Å². The van der Waals surface area contributed by atoms with Crippen LogP contribution in [0.3, 0.4) is 0 Å². The molecule has 0 aliphatic carbocycles. The molecule has 1 unspecified atom stereocenters. The van der Waals surface area contributed by atoms with Crippen molar-refractivity contribution in [3.05, 3.63) is 110 Å². The highest BCUT2D eigenvalue weighted by Crippen LogP contribution is 2.41. The molecule has 0 bridgehead atoms. The van der Waals surface area contributed by atoms with E-state index in [9.17, 15) is 98.6 Å². The molecule has 3 heterocycles. The molecule has 0 fully saturated rings. The number of aliphatic carboxylic acids is 1. The maximum atomic E-state index is 14.3. The summed E-state index contributed by atoms with van der Waals surface area (Å²) in [6.45, 7) is -2.57. The number of carbonyl (C=O) groups excluding carboxylic acids is 3. The zero-order valence-corrected chi connectivity index (χ0v) is 56.3. The van der Waals surface area contributed by atoms with Crippen LogP contribution < -0.4 is 44.5 Å². The van der Waals surface area contributed by atoms with Gasteiger partial charge in [-0.15, -0.1) is 0 Å². The fourth-order valence-corrected chi connectivity index (χ4v) is 10.2. The third-order valence-corrected chi connectivity index (χ3v) is 14.5. The largest absolute Gasteiger partial charge is 0.778 e. The van der Waals surface area contributed by atoms with Gasteiger partial charge in [0.25, 0.3) is 20.0 Å². The summed E-state index contributed by atoms with van der Waals surface area (Å²) in [5, 5.41) is 26.3. The molecule has 6 aromatic rings. The molecule has 30 nitrogen and oxygen atoms in total. The number of methoxy groups -OCH3 is 1. The van der Waals surface area contributed by atoms with Crippen LogP contribution in [0.4, 0.5) is 69.8 Å². The predicted octanol–water partition coefficient (Wildman–Crippen LogP) is 7.97. The second-order valence-electron chi connectivity index (χ2n) is 18.7. The number of halogens is 13. The molecule has 3 aromatic carbocycles. The molecule has 6 rings (SSSR count). The Morgan fingerprint density at radius 2 is 1.28 bits per heavy atom. The summed E-state index contributed by atoms with van der Waals surface area (Å²) in [6, 6.07) is 8.90. The molecule has 536 valence electrons. The van der Waals surface area contributed by atoms with Crippen LogP contribution in [0.2, 0.25) is 5.02 Å². The number of anilines is 2. The van der Waals surface area contributed by atoms with Gasteiger partial charge in [0.15, 0.2) is 5.69 Å². The van der Waals surface area contributed by atoms with E-state index in [0.29, 0.717) is 21.6 Å². The third-order valence-electron chi connectivity index (χ3n) is 9.98. The van der Waals surface area contributed by atoms with E-state index in [0.717, 1.165) is 37.4 Å². The van der Waals surface area contributed by atoms with E-state index in [1.165, 1.54) is 49.1 Å². The van der Waals surface area contributed by atoms with Gasteiger partial charge in [0.05, 0.1) is 76.4 Å². The van der Waals surface area contributed by atoms with Crippen LogP contribution >= 0.6 is 35.1 Å². The summed E-state index contributed by atoms with van der Waals surface area (Å²) in [4.78, 5) is 91.6. The summed E-state index contributed by atoms with van der Waals surface area (Å²) in [6.07, 6.45) is -5.46. The quantitative estimate of drug-likeness (QED) is 0.0146. The Morgan fingerprint density at radius 3 is 1.73 bits per heavy atom. The lowest BCUT2D eigenvalue weighted by Crippen LogP contribution is -2.35. The van der Waals surface area contributed by atoms with Crippen LogP contribution in [0, 0.1) is 12.7 Å². The van der Waals surface area contributed by atoms with Gasteiger partial charge in [0.2, 0.25) is 23.7 Å². The lowest BCUT2D eigenvalue weighted by Gasteiger charge is -2.14. The smallest absolute Gasteiger partial charge is 0.434 e. The van der Waals surface area contributed by atoms with E-state index >= 15 is 0 Å². The molecule has 0 saturated carbocycles. The predicted molar refractivity (Wildman–Crippen MR) is 322 cm³/mol. The van der Waals surface area contributed by atoms with E-state index in [1.807, 2.05) is 5.32 Å². The number of hydrogen-bond acceptors (Lipinski definition) is 22. The first-order chi connectivity index (χ1) is 44.6. The van der Waals surface area contributed by atoms with Crippen molar-refractivity contribution >= 4 is 108 Å². The number of benzene rings is 3. The molecule has 47 heteroatoms. The van der Waals surface area contributed by atoms with Gasteiger partial charge in [-0.3, -0.25) is 25.4 Å². The number of rotatable bonds is 21. The number of esters is 1. The van der Waals surface area contributed by atoms with Gasteiger partial charge in [0.1, 0.15) is 29.8 Å². The number of aromatic nitrogens is 7. The number of sulfonamides is 2. The van der Waals surface area contributed by atoms with Crippen molar-refractivity contribution in [1.29, 1.82) is 0 Å². The molecule has 1 atom stereocenters. The number of ether oxygens (including phenoxy) is 4. The second kappa shape index (κ2) is 37.4. The summed E-state index contributed by atoms with van der Waals surface area (Å²) in [5.74, 6) is -7.41. The van der Waals surface area contributed by atoms with Gasteiger partial charge in [-0.25, -0.2) is 49.8 Å². The standard InChI is InChI=1S/C15H12BrClF4N2O2.C15H16F3N5O4S.C14H10F4N4O7S.C3H8NO5P.C3H9S/c1-6(2)25-14(24)7-4-8(10(18)5-9(7)17)12-11(16)13(15(19,20)21)23(3)22-12;1-9-19-12(22-14(20-9)27-2)21-13(24)23-28(25,26)11-6-4-3-5-10(11)7-8-15(16,17)18;15-11(16)28-8-5-9(29-12(17)18)20-13(19-8)21-14(25)22-30(26,27)7-4-2-1-3-6(7)10(23)24;5-3(6)1-4-2-10(7,8)9;1-4(2)3/h4-6H,1-3H3;3-6H,7-8H2,1-2H3,(H2,19,20,21,22,23,24);1-5,11-12H,(H,23,24)(H2,19,20,21,22,25);4H,1-2H2,(H,5,6)(H2,7,8,9);1-3H3/q;;;;+1/p-1. The second-order valence-corrected chi connectivity index (χ2v) is 27.2. The van der Waals surface area contributed by atoms with E-state index in [2.05, 4.69) is 79.5 Å². The number of nitrogens with zero attached hydrogens (tertiary/aromatic N) is 7.